The lowest BCUT2D eigenvalue weighted by Gasteiger charge is -2.25. The zero-order valence-corrected chi connectivity index (χ0v) is 19.7. The second kappa shape index (κ2) is 9.15. The third-order valence-electron chi connectivity index (χ3n) is 6.35. The number of hydrogen-bond acceptors (Lipinski definition) is 7. The minimum atomic E-state index is -1.14. The summed E-state index contributed by atoms with van der Waals surface area (Å²) in [6, 6.07) is 12.4. The molecule has 3 aromatic rings. The van der Waals surface area contributed by atoms with Crippen molar-refractivity contribution in [2.75, 3.05) is 45.7 Å². The molecule has 9 heteroatoms. The molecule has 1 aliphatic rings. The summed E-state index contributed by atoms with van der Waals surface area (Å²) in [5.41, 5.74) is 4.39. The van der Waals surface area contributed by atoms with E-state index < -0.39 is 18.4 Å². The van der Waals surface area contributed by atoms with Crippen molar-refractivity contribution in [2.45, 2.75) is 19.4 Å². The summed E-state index contributed by atoms with van der Waals surface area (Å²) >= 11 is 0. The second-order valence-electron chi connectivity index (χ2n) is 8.81. The highest BCUT2D eigenvalue weighted by Crippen LogP contribution is 2.44. The number of carbonyl (C=O) groups excluding carboxylic acids is 1. The van der Waals surface area contributed by atoms with Gasteiger partial charge in [0.05, 0.1) is 11.3 Å². The summed E-state index contributed by atoms with van der Waals surface area (Å²) in [6.07, 6.45) is 0.961. The normalized spacial score (nSPS) is 15.6. The number of benzene rings is 2. The highest BCUT2D eigenvalue weighted by atomic mass is 16.4. The fourth-order valence-electron chi connectivity index (χ4n) is 4.54. The molecule has 1 atom stereocenters. The summed E-state index contributed by atoms with van der Waals surface area (Å²) in [7, 11) is 5.48. The van der Waals surface area contributed by atoms with E-state index in [9.17, 15) is 14.9 Å². The van der Waals surface area contributed by atoms with Crippen molar-refractivity contribution in [1.29, 1.82) is 5.26 Å². The predicted molar refractivity (Wildman–Crippen MR) is 128 cm³/mol. The number of nitrogens with zero attached hydrogens (tertiary/aromatic N) is 5. The molecule has 2 aromatic carbocycles. The first-order chi connectivity index (χ1) is 16.2. The standard InChI is InChI=1S/C25H27N5O4/c1-15-18(12-26)21-23(34-24(27-21)25(33)29(4)14-19(31)32)22(20(15)16-8-6-5-7-9-16)30-11-10-17(13-30)28(2)3/h5-9,17H,10-11,13-14H2,1-4H3,(H,31,32)/t17-/m0/s1. The number of hydrogen-bond donors (Lipinski definition) is 1. The molecule has 2 heterocycles. The zero-order valence-electron chi connectivity index (χ0n) is 19.7. The smallest absolute Gasteiger partial charge is 0.323 e. The molecular formula is C25H27N5O4. The van der Waals surface area contributed by atoms with Gasteiger partial charge in [-0.2, -0.15) is 5.26 Å². The van der Waals surface area contributed by atoms with Crippen molar-refractivity contribution in [3.63, 3.8) is 0 Å². The third-order valence-corrected chi connectivity index (χ3v) is 6.35. The van der Waals surface area contributed by atoms with Crippen LogP contribution in [-0.2, 0) is 4.79 Å². The minimum Gasteiger partial charge on any atom is -0.480 e. The molecule has 9 nitrogen and oxygen atoms in total. The first kappa shape index (κ1) is 23.3. The van der Waals surface area contributed by atoms with Gasteiger partial charge in [-0.25, -0.2) is 4.98 Å². The van der Waals surface area contributed by atoms with E-state index in [2.05, 4.69) is 34.9 Å². The molecule has 0 bridgehead atoms. The Bertz CT molecular complexity index is 1290. The minimum absolute atomic E-state index is 0.232. The number of amides is 1. The zero-order chi connectivity index (χ0) is 24.6. The quantitative estimate of drug-likeness (QED) is 0.596. The van der Waals surface area contributed by atoms with E-state index in [1.165, 1.54) is 7.05 Å². The van der Waals surface area contributed by atoms with E-state index in [-0.39, 0.29) is 5.89 Å². The van der Waals surface area contributed by atoms with E-state index in [1.807, 2.05) is 37.3 Å². The molecule has 0 saturated carbocycles. The van der Waals surface area contributed by atoms with E-state index in [0.717, 1.165) is 46.8 Å². The number of nitriles is 1. The van der Waals surface area contributed by atoms with Gasteiger partial charge >= 0.3 is 11.9 Å². The molecule has 0 unspecified atom stereocenters. The number of oxazole rings is 1. The van der Waals surface area contributed by atoms with Crippen LogP contribution < -0.4 is 4.90 Å². The number of carbonyl (C=O) groups is 2. The molecule has 0 spiro atoms. The summed E-state index contributed by atoms with van der Waals surface area (Å²) in [5, 5.41) is 19.1. The highest BCUT2D eigenvalue weighted by Gasteiger charge is 2.33. The Hall–Kier alpha value is -3.90. The van der Waals surface area contributed by atoms with Gasteiger partial charge in [-0.05, 0) is 38.6 Å². The average Bonchev–Trinajstić information content (AvgIpc) is 3.46. The third kappa shape index (κ3) is 4.08. The Labute approximate surface area is 197 Å². The van der Waals surface area contributed by atoms with Crippen molar-refractivity contribution in [3.05, 3.63) is 47.3 Å². The molecule has 34 heavy (non-hydrogen) atoms. The lowest BCUT2D eigenvalue weighted by molar-refractivity contribution is -0.137. The number of aromatic nitrogens is 1. The number of rotatable bonds is 6. The Kier molecular flexibility index (Phi) is 6.26. The number of aliphatic carboxylic acids is 1. The van der Waals surface area contributed by atoms with Crippen molar-refractivity contribution >= 4 is 28.7 Å². The topological polar surface area (TPSA) is 114 Å². The molecule has 1 fully saturated rings. The Morgan fingerprint density at radius 1 is 1.26 bits per heavy atom. The maximum atomic E-state index is 12.9. The van der Waals surface area contributed by atoms with Crippen LogP contribution in [0.5, 0.6) is 0 Å². The van der Waals surface area contributed by atoms with E-state index in [1.54, 1.807) is 0 Å². The van der Waals surface area contributed by atoms with Crippen LogP contribution in [-0.4, -0.2) is 78.6 Å². The molecule has 1 aliphatic heterocycles. The number of fused-ring (bicyclic) bond motifs is 1. The molecule has 0 aliphatic carbocycles. The first-order valence-corrected chi connectivity index (χ1v) is 11.0. The van der Waals surface area contributed by atoms with Gasteiger partial charge in [0.2, 0.25) is 0 Å². The molecular weight excluding hydrogens is 434 g/mol. The monoisotopic (exact) mass is 461 g/mol. The van der Waals surface area contributed by atoms with Crippen LogP contribution in [0.15, 0.2) is 34.7 Å². The Balaban J connectivity index is 1.97. The molecule has 1 N–H and O–H groups in total. The second-order valence-corrected chi connectivity index (χ2v) is 8.81. The van der Waals surface area contributed by atoms with Gasteiger partial charge in [0.25, 0.3) is 5.89 Å². The maximum Gasteiger partial charge on any atom is 0.323 e. The summed E-state index contributed by atoms with van der Waals surface area (Å²) in [5.74, 6) is -2.02. The van der Waals surface area contributed by atoms with E-state index in [0.29, 0.717) is 22.7 Å². The van der Waals surface area contributed by atoms with Crippen LogP contribution >= 0.6 is 0 Å². The summed E-state index contributed by atoms with van der Waals surface area (Å²) in [6.45, 7) is 2.94. The highest BCUT2D eigenvalue weighted by molar-refractivity contribution is 6.04. The largest absolute Gasteiger partial charge is 0.480 e. The fraction of sp³-hybridized carbons (Fsp3) is 0.360. The van der Waals surface area contributed by atoms with Crippen LogP contribution in [0.1, 0.15) is 28.2 Å². The van der Waals surface area contributed by atoms with Gasteiger partial charge in [0, 0.05) is 31.7 Å². The van der Waals surface area contributed by atoms with E-state index in [4.69, 9.17) is 9.52 Å². The van der Waals surface area contributed by atoms with Crippen LogP contribution in [0.4, 0.5) is 5.69 Å². The number of likely N-dealkylation sites (N-methyl/N-ethyl adjacent to an activating group) is 2. The van der Waals surface area contributed by atoms with Crippen molar-refractivity contribution in [3.8, 4) is 17.2 Å². The number of anilines is 1. The Morgan fingerprint density at radius 3 is 2.56 bits per heavy atom. The first-order valence-electron chi connectivity index (χ1n) is 11.0. The molecule has 1 aromatic heterocycles. The van der Waals surface area contributed by atoms with Gasteiger partial charge in [0.15, 0.2) is 5.58 Å². The van der Waals surface area contributed by atoms with Gasteiger partial charge in [-0.15, -0.1) is 0 Å². The van der Waals surface area contributed by atoms with Gasteiger partial charge in [-0.1, -0.05) is 30.3 Å². The van der Waals surface area contributed by atoms with Crippen molar-refractivity contribution in [1.82, 2.24) is 14.8 Å². The Morgan fingerprint density at radius 2 is 1.97 bits per heavy atom. The molecule has 0 radical (unpaired) electrons. The summed E-state index contributed by atoms with van der Waals surface area (Å²) in [4.78, 5) is 33.8. The lowest BCUT2D eigenvalue weighted by Crippen LogP contribution is -2.32. The number of carboxylic acids is 1. The lowest BCUT2D eigenvalue weighted by atomic mass is 9.93. The van der Waals surface area contributed by atoms with Gasteiger partial charge in [-0.3, -0.25) is 9.59 Å². The van der Waals surface area contributed by atoms with Crippen LogP contribution in [0.2, 0.25) is 0 Å². The molecule has 1 amide bonds. The SMILES string of the molecule is Cc1c(-c2ccccc2)c(N2CC[C@H](N(C)C)C2)c2oc(C(=O)N(C)CC(=O)O)nc2c1C#N. The molecule has 1 saturated heterocycles. The van der Waals surface area contributed by atoms with Crippen LogP contribution in [0, 0.1) is 18.3 Å². The molecule has 4 rings (SSSR count). The average molecular weight is 462 g/mol. The summed E-state index contributed by atoms with van der Waals surface area (Å²) < 4.78 is 6.03. The van der Waals surface area contributed by atoms with Crippen LogP contribution in [0.25, 0.3) is 22.2 Å². The van der Waals surface area contributed by atoms with E-state index >= 15 is 0 Å². The molecule has 176 valence electrons. The van der Waals surface area contributed by atoms with Gasteiger partial charge in [0.1, 0.15) is 18.1 Å². The van der Waals surface area contributed by atoms with Crippen molar-refractivity contribution < 1.29 is 19.1 Å². The van der Waals surface area contributed by atoms with Gasteiger partial charge < -0.3 is 24.2 Å². The number of carboxylic acid groups (broad SMARTS) is 1. The maximum absolute atomic E-state index is 12.9. The predicted octanol–water partition coefficient (Wildman–Crippen LogP) is 2.97. The van der Waals surface area contributed by atoms with Crippen molar-refractivity contribution in [2.24, 2.45) is 0 Å². The van der Waals surface area contributed by atoms with Crippen LogP contribution in [0.3, 0.4) is 0 Å². The fourth-order valence-corrected chi connectivity index (χ4v) is 4.54.